The van der Waals surface area contributed by atoms with E-state index in [1.54, 1.807) is 19.1 Å². The van der Waals surface area contributed by atoms with E-state index >= 15 is 0 Å². The molecule has 1 aromatic carbocycles. The first-order chi connectivity index (χ1) is 9.31. The van der Waals surface area contributed by atoms with Crippen LogP contribution in [0.2, 0.25) is 5.02 Å². The molecule has 0 fully saturated rings. The zero-order valence-corrected chi connectivity index (χ0v) is 12.8. The third kappa shape index (κ3) is 2.94. The molecular formula is C12H14ClN3O3S. The minimum absolute atomic E-state index is 0.0630. The van der Waals surface area contributed by atoms with Crippen LogP contribution in [0.4, 0.5) is 0 Å². The third-order valence-corrected chi connectivity index (χ3v) is 4.22. The molecule has 0 saturated heterocycles. The zero-order valence-electron chi connectivity index (χ0n) is 11.2. The maximum atomic E-state index is 12.0. The summed E-state index contributed by atoms with van der Waals surface area (Å²) in [5.41, 5.74) is 1.45. The van der Waals surface area contributed by atoms with Crippen LogP contribution in [0.15, 0.2) is 23.6 Å². The lowest BCUT2D eigenvalue weighted by molar-refractivity contribution is 0.473. The van der Waals surface area contributed by atoms with Crippen LogP contribution >= 0.6 is 11.6 Å². The van der Waals surface area contributed by atoms with E-state index in [0.29, 0.717) is 10.6 Å². The fourth-order valence-corrected chi connectivity index (χ4v) is 2.64. The Bertz CT molecular complexity index is 712. The Morgan fingerprint density at radius 1 is 1.35 bits per heavy atom. The number of hydrogen-bond acceptors (Lipinski definition) is 5. The highest BCUT2D eigenvalue weighted by Gasteiger charge is 2.23. The number of H-pyrrole nitrogens is 1. The number of nitrogens with zero attached hydrogens (tertiary/aromatic N) is 2. The lowest BCUT2D eigenvalue weighted by Gasteiger charge is -2.14. The molecule has 1 heterocycles. The van der Waals surface area contributed by atoms with Crippen molar-refractivity contribution in [3.8, 4) is 5.75 Å². The van der Waals surface area contributed by atoms with Crippen LogP contribution in [0.25, 0.3) is 0 Å². The number of aryl methyl sites for hydroxylation is 1. The topological polar surface area (TPSA) is 84.9 Å². The van der Waals surface area contributed by atoms with Crippen molar-refractivity contribution in [2.45, 2.75) is 31.8 Å². The van der Waals surface area contributed by atoms with E-state index in [1.807, 2.05) is 13.8 Å². The molecule has 2 rings (SSSR count). The Morgan fingerprint density at radius 2 is 2.05 bits per heavy atom. The van der Waals surface area contributed by atoms with Gasteiger partial charge < -0.3 is 4.18 Å². The van der Waals surface area contributed by atoms with Crippen molar-refractivity contribution in [1.82, 2.24) is 15.2 Å². The molecule has 0 radical (unpaired) electrons. The lowest BCUT2D eigenvalue weighted by atomic mass is 10.0. The number of hydrogen-bond donors (Lipinski definition) is 1. The first kappa shape index (κ1) is 14.8. The Labute approximate surface area is 122 Å². The van der Waals surface area contributed by atoms with Crippen molar-refractivity contribution < 1.29 is 12.6 Å². The average molecular weight is 316 g/mol. The molecule has 0 aliphatic carbocycles. The summed E-state index contributed by atoms with van der Waals surface area (Å²) in [5, 5.41) is 6.01. The first-order valence-corrected chi connectivity index (χ1v) is 7.70. The number of aromatic amines is 1. The fraction of sp³-hybridized carbons (Fsp3) is 0.333. The van der Waals surface area contributed by atoms with Crippen LogP contribution in [-0.2, 0) is 10.1 Å². The molecule has 2 aromatic rings. The summed E-state index contributed by atoms with van der Waals surface area (Å²) in [6.45, 7) is 5.63. The minimum atomic E-state index is -4.03. The number of nitrogens with one attached hydrogen (secondary N) is 1. The van der Waals surface area contributed by atoms with Gasteiger partial charge in [-0.2, -0.15) is 13.5 Å². The normalized spacial score (nSPS) is 11.8. The summed E-state index contributed by atoms with van der Waals surface area (Å²) < 4.78 is 29.2. The molecule has 0 atom stereocenters. The Kier molecular flexibility index (Phi) is 4.01. The summed E-state index contributed by atoms with van der Waals surface area (Å²) in [6, 6.07) is 3.32. The molecule has 0 aliphatic heterocycles. The summed E-state index contributed by atoms with van der Waals surface area (Å²) >= 11 is 6.07. The van der Waals surface area contributed by atoms with Gasteiger partial charge in [-0.15, -0.1) is 0 Å². The molecule has 108 valence electrons. The van der Waals surface area contributed by atoms with Crippen molar-refractivity contribution in [3.05, 3.63) is 34.6 Å². The summed E-state index contributed by atoms with van der Waals surface area (Å²) in [6.07, 6.45) is 1.10. The van der Waals surface area contributed by atoms with E-state index in [1.165, 1.54) is 0 Å². The van der Waals surface area contributed by atoms with Gasteiger partial charge in [-0.25, -0.2) is 10.1 Å². The van der Waals surface area contributed by atoms with Crippen LogP contribution in [0.1, 0.15) is 30.9 Å². The van der Waals surface area contributed by atoms with Crippen molar-refractivity contribution >= 4 is 21.7 Å². The van der Waals surface area contributed by atoms with Gasteiger partial charge in [0.05, 0.1) is 0 Å². The largest absolute Gasteiger partial charge is 0.376 e. The van der Waals surface area contributed by atoms with E-state index in [-0.39, 0.29) is 16.8 Å². The molecule has 0 amide bonds. The third-order valence-electron chi connectivity index (χ3n) is 2.74. The van der Waals surface area contributed by atoms with E-state index in [0.717, 1.165) is 11.9 Å². The van der Waals surface area contributed by atoms with Crippen LogP contribution in [0.3, 0.4) is 0 Å². The molecule has 0 saturated carbocycles. The van der Waals surface area contributed by atoms with Crippen LogP contribution in [0, 0.1) is 6.92 Å². The summed E-state index contributed by atoms with van der Waals surface area (Å²) in [5.74, 6) is 0.311. The van der Waals surface area contributed by atoms with Gasteiger partial charge in [-0.1, -0.05) is 25.4 Å². The highest BCUT2D eigenvalue weighted by atomic mass is 35.5. The van der Waals surface area contributed by atoms with Gasteiger partial charge in [0.15, 0.2) is 0 Å². The van der Waals surface area contributed by atoms with E-state index in [4.69, 9.17) is 15.8 Å². The molecular weight excluding hydrogens is 302 g/mol. The predicted octanol–water partition coefficient (Wildman–Crippen LogP) is 2.66. The number of benzene rings is 1. The number of aromatic nitrogens is 3. The smallest absolute Gasteiger partial charge is 0.374 e. The van der Waals surface area contributed by atoms with Crippen LogP contribution < -0.4 is 4.18 Å². The van der Waals surface area contributed by atoms with Gasteiger partial charge in [0.25, 0.3) is 5.16 Å². The second kappa shape index (κ2) is 5.41. The van der Waals surface area contributed by atoms with Crippen molar-refractivity contribution in [2.75, 3.05) is 0 Å². The maximum absolute atomic E-state index is 12.0. The van der Waals surface area contributed by atoms with Gasteiger partial charge in [0, 0.05) is 5.02 Å². The lowest BCUT2D eigenvalue weighted by Crippen LogP contribution is -2.13. The van der Waals surface area contributed by atoms with Gasteiger partial charge >= 0.3 is 10.1 Å². The molecule has 6 nitrogen and oxygen atoms in total. The van der Waals surface area contributed by atoms with Gasteiger partial charge in [-0.05, 0) is 36.1 Å². The summed E-state index contributed by atoms with van der Waals surface area (Å²) in [4.78, 5) is 3.59. The summed E-state index contributed by atoms with van der Waals surface area (Å²) in [7, 11) is -4.03. The minimum Gasteiger partial charge on any atom is -0.376 e. The maximum Gasteiger partial charge on any atom is 0.374 e. The molecule has 0 unspecified atom stereocenters. The Balaban J connectivity index is 2.46. The molecule has 0 spiro atoms. The van der Waals surface area contributed by atoms with Gasteiger partial charge in [-0.3, -0.25) is 0 Å². The van der Waals surface area contributed by atoms with Crippen molar-refractivity contribution in [1.29, 1.82) is 0 Å². The first-order valence-electron chi connectivity index (χ1n) is 5.91. The highest BCUT2D eigenvalue weighted by Crippen LogP contribution is 2.33. The molecule has 8 heteroatoms. The monoisotopic (exact) mass is 315 g/mol. The predicted molar refractivity (Wildman–Crippen MR) is 74.5 cm³/mol. The molecule has 1 N–H and O–H groups in total. The van der Waals surface area contributed by atoms with E-state index in [2.05, 4.69) is 15.2 Å². The van der Waals surface area contributed by atoms with Gasteiger partial charge in [0.1, 0.15) is 12.1 Å². The van der Waals surface area contributed by atoms with Crippen LogP contribution in [0.5, 0.6) is 5.75 Å². The van der Waals surface area contributed by atoms with E-state index in [9.17, 15) is 8.42 Å². The van der Waals surface area contributed by atoms with E-state index < -0.39 is 10.1 Å². The van der Waals surface area contributed by atoms with Crippen molar-refractivity contribution in [3.63, 3.8) is 0 Å². The second-order valence-electron chi connectivity index (χ2n) is 4.62. The average Bonchev–Trinajstić information content (AvgIpc) is 2.87. The highest BCUT2D eigenvalue weighted by molar-refractivity contribution is 7.86. The fourth-order valence-electron chi connectivity index (χ4n) is 1.67. The Hall–Kier alpha value is -1.60. The standard InChI is InChI=1S/C12H14ClN3O3S/c1-7(2)9-5-10(13)8(3)4-11(9)19-20(17,18)12-14-6-15-16-12/h4-7H,1-3H3,(H,14,15,16). The molecule has 20 heavy (non-hydrogen) atoms. The quantitative estimate of drug-likeness (QED) is 0.877. The second-order valence-corrected chi connectivity index (χ2v) is 6.49. The SMILES string of the molecule is Cc1cc(OS(=O)(=O)c2ncn[nH]2)c(C(C)C)cc1Cl. The zero-order chi connectivity index (χ0) is 14.9. The Morgan fingerprint density at radius 3 is 2.60 bits per heavy atom. The number of rotatable bonds is 4. The van der Waals surface area contributed by atoms with Gasteiger partial charge in [0.2, 0.25) is 0 Å². The van der Waals surface area contributed by atoms with Crippen LogP contribution in [-0.4, -0.2) is 23.6 Å². The van der Waals surface area contributed by atoms with Crippen molar-refractivity contribution in [2.24, 2.45) is 0 Å². The molecule has 0 aliphatic rings. The molecule has 0 bridgehead atoms. The number of halogens is 1. The molecule has 1 aromatic heterocycles.